The van der Waals surface area contributed by atoms with Gasteiger partial charge in [-0.2, -0.15) is 0 Å². The van der Waals surface area contributed by atoms with Gasteiger partial charge in [0.2, 0.25) is 21.6 Å². The van der Waals surface area contributed by atoms with E-state index in [4.69, 9.17) is 4.74 Å². The minimum atomic E-state index is -3.34. The molecule has 10 heteroatoms. The van der Waals surface area contributed by atoms with E-state index in [1.807, 2.05) is 0 Å². The van der Waals surface area contributed by atoms with Crippen LogP contribution in [-0.4, -0.2) is 55.7 Å². The molecule has 1 aromatic rings. The lowest BCUT2D eigenvalue weighted by atomic mass is 9.92. The predicted octanol–water partition coefficient (Wildman–Crippen LogP) is 1.69. The average molecular weight is 492 g/mol. The second-order valence-corrected chi connectivity index (χ2v) is 10.2. The van der Waals surface area contributed by atoms with Crippen LogP contribution in [-0.2, 0) is 35.6 Å². The Morgan fingerprint density at radius 3 is 2.44 bits per heavy atom. The molecule has 1 aromatic carbocycles. The molecule has 1 aliphatic rings. The van der Waals surface area contributed by atoms with Crippen LogP contribution in [0.3, 0.4) is 0 Å². The van der Waals surface area contributed by atoms with Crippen molar-refractivity contribution in [2.24, 2.45) is 5.92 Å². The van der Waals surface area contributed by atoms with Crippen LogP contribution in [0.25, 0.3) is 0 Å². The van der Waals surface area contributed by atoms with Crippen molar-refractivity contribution in [1.82, 2.24) is 4.72 Å². The number of carbonyl (C=O) groups is 4. The van der Waals surface area contributed by atoms with Crippen LogP contribution in [0.2, 0.25) is 0 Å². The number of Topliss-reactive ketones (excluding diaryl/α,β-unsaturated/α-hetero) is 3. The highest BCUT2D eigenvalue weighted by atomic mass is 32.2. The van der Waals surface area contributed by atoms with E-state index < -0.39 is 39.4 Å². The molecule has 9 nitrogen and oxygen atoms in total. The molecule has 2 rings (SSSR count). The summed E-state index contributed by atoms with van der Waals surface area (Å²) >= 11 is 0. The van der Waals surface area contributed by atoms with E-state index >= 15 is 0 Å². The third-order valence-corrected chi connectivity index (χ3v) is 6.32. The number of fused-ring (bicyclic) bond motifs is 1. The topological polar surface area (TPSA) is 144 Å². The first-order chi connectivity index (χ1) is 15.9. The Hall–Kier alpha value is -3.03. The van der Waals surface area contributed by atoms with Gasteiger partial charge in [0.05, 0.1) is 6.26 Å². The fourth-order valence-electron chi connectivity index (χ4n) is 3.44. The zero-order valence-electron chi connectivity index (χ0n) is 19.5. The van der Waals surface area contributed by atoms with Crippen molar-refractivity contribution in [2.75, 3.05) is 12.8 Å². The number of ether oxygens (including phenoxy) is 1. The molecule has 1 heterocycles. The Morgan fingerprint density at radius 1 is 1.09 bits per heavy atom. The van der Waals surface area contributed by atoms with Gasteiger partial charge in [0.15, 0.2) is 0 Å². The highest BCUT2D eigenvalue weighted by Crippen LogP contribution is 2.28. The molecule has 0 spiro atoms. The van der Waals surface area contributed by atoms with Gasteiger partial charge in [-0.3, -0.25) is 14.4 Å². The number of phenolic OH excluding ortho intramolecular Hbond substituents is 1. The molecular weight excluding hydrogens is 462 g/mol. The Balaban J connectivity index is 2.41. The molecule has 0 radical (unpaired) electrons. The number of hydrogen-bond donors (Lipinski definition) is 2. The van der Waals surface area contributed by atoms with Gasteiger partial charge in [0.25, 0.3) is 5.78 Å². The first kappa shape index (κ1) is 27.2. The largest absolute Gasteiger partial charge is 0.507 e. The second kappa shape index (κ2) is 11.9. The zero-order valence-corrected chi connectivity index (χ0v) is 20.3. The zero-order chi connectivity index (χ0) is 25.5. The Labute approximate surface area is 199 Å². The SMILES string of the molecule is C[C@@H]1CCC(=O)C(=O)C(=O)CCCc2c(C#CCCNS(C)(=O)=O)ccc(O)c2C(=O)O[C@H]1C. The summed E-state index contributed by atoms with van der Waals surface area (Å²) in [5, 5.41) is 10.4. The molecule has 0 fully saturated rings. The lowest BCUT2D eigenvalue weighted by Crippen LogP contribution is -2.27. The molecular formula is C24H29NO8S. The van der Waals surface area contributed by atoms with E-state index in [-0.39, 0.29) is 62.3 Å². The highest BCUT2D eigenvalue weighted by molar-refractivity contribution is 7.88. The molecule has 0 saturated heterocycles. The maximum absolute atomic E-state index is 13.0. The van der Waals surface area contributed by atoms with Crippen LogP contribution in [0, 0.1) is 17.8 Å². The van der Waals surface area contributed by atoms with Gasteiger partial charge in [-0.25, -0.2) is 17.9 Å². The number of carbonyl (C=O) groups excluding carboxylic acids is 4. The van der Waals surface area contributed by atoms with E-state index in [0.29, 0.717) is 11.1 Å². The average Bonchev–Trinajstić information content (AvgIpc) is 2.75. The van der Waals surface area contributed by atoms with E-state index in [1.165, 1.54) is 12.1 Å². The summed E-state index contributed by atoms with van der Waals surface area (Å²) in [6, 6.07) is 2.84. The van der Waals surface area contributed by atoms with Crippen LogP contribution >= 0.6 is 0 Å². The van der Waals surface area contributed by atoms with Crippen molar-refractivity contribution in [2.45, 2.75) is 58.5 Å². The normalized spacial score (nSPS) is 20.6. The Morgan fingerprint density at radius 2 is 1.76 bits per heavy atom. The molecule has 0 saturated carbocycles. The molecule has 34 heavy (non-hydrogen) atoms. The molecule has 2 N–H and O–H groups in total. The summed E-state index contributed by atoms with van der Waals surface area (Å²) in [5.74, 6) is 1.83. The monoisotopic (exact) mass is 491 g/mol. The molecule has 0 aromatic heterocycles. The third-order valence-electron chi connectivity index (χ3n) is 5.59. The van der Waals surface area contributed by atoms with E-state index in [2.05, 4.69) is 16.6 Å². The number of nitrogens with one attached hydrogen (secondary N) is 1. The van der Waals surface area contributed by atoms with Gasteiger partial charge in [-0.05, 0) is 49.8 Å². The van der Waals surface area contributed by atoms with Gasteiger partial charge in [-0.15, -0.1) is 0 Å². The van der Waals surface area contributed by atoms with Crippen LogP contribution in [0.4, 0.5) is 0 Å². The number of esters is 1. The van der Waals surface area contributed by atoms with Crippen LogP contribution < -0.4 is 4.72 Å². The fourth-order valence-corrected chi connectivity index (χ4v) is 3.92. The Kier molecular flexibility index (Phi) is 9.53. The van der Waals surface area contributed by atoms with Crippen molar-refractivity contribution < 1.29 is 37.4 Å². The molecule has 0 amide bonds. The van der Waals surface area contributed by atoms with Crippen LogP contribution in [0.5, 0.6) is 5.75 Å². The maximum atomic E-state index is 13.0. The maximum Gasteiger partial charge on any atom is 0.342 e. The summed E-state index contributed by atoms with van der Waals surface area (Å²) in [6.45, 7) is 3.52. The number of phenols is 1. The van der Waals surface area contributed by atoms with Crippen molar-refractivity contribution in [3.05, 3.63) is 28.8 Å². The summed E-state index contributed by atoms with van der Waals surface area (Å²) in [6.07, 6.45) is 0.874. The van der Waals surface area contributed by atoms with Gasteiger partial charge >= 0.3 is 5.97 Å². The minimum Gasteiger partial charge on any atom is -0.507 e. The summed E-state index contributed by atoms with van der Waals surface area (Å²) in [4.78, 5) is 49.3. The van der Waals surface area contributed by atoms with Crippen molar-refractivity contribution in [3.8, 4) is 17.6 Å². The molecule has 2 atom stereocenters. The lowest BCUT2D eigenvalue weighted by Gasteiger charge is -2.22. The summed E-state index contributed by atoms with van der Waals surface area (Å²) in [7, 11) is -3.34. The van der Waals surface area contributed by atoms with E-state index in [1.54, 1.807) is 13.8 Å². The molecule has 0 unspecified atom stereocenters. The summed E-state index contributed by atoms with van der Waals surface area (Å²) in [5.41, 5.74) is 0.704. The Bertz CT molecular complexity index is 1140. The highest BCUT2D eigenvalue weighted by Gasteiger charge is 2.28. The number of rotatable bonds is 3. The third kappa shape index (κ3) is 7.78. The summed E-state index contributed by atoms with van der Waals surface area (Å²) < 4.78 is 30.2. The van der Waals surface area contributed by atoms with E-state index in [9.17, 15) is 32.7 Å². The number of cyclic esters (lactones) is 1. The van der Waals surface area contributed by atoms with Gasteiger partial charge < -0.3 is 9.84 Å². The first-order valence-electron chi connectivity index (χ1n) is 11.0. The van der Waals surface area contributed by atoms with Crippen LogP contribution in [0.15, 0.2) is 12.1 Å². The van der Waals surface area contributed by atoms with Crippen molar-refractivity contribution in [3.63, 3.8) is 0 Å². The number of sulfonamides is 1. The second-order valence-electron chi connectivity index (χ2n) is 8.36. The molecule has 1 aliphatic heterocycles. The molecule has 0 aliphatic carbocycles. The number of ketones is 3. The van der Waals surface area contributed by atoms with Crippen LogP contribution in [0.1, 0.15) is 67.4 Å². The van der Waals surface area contributed by atoms with Crippen molar-refractivity contribution in [1.29, 1.82) is 0 Å². The number of hydrogen-bond acceptors (Lipinski definition) is 8. The van der Waals surface area contributed by atoms with Gasteiger partial charge in [0, 0.05) is 31.4 Å². The number of aromatic hydroxyl groups is 1. The van der Waals surface area contributed by atoms with Gasteiger partial charge in [-0.1, -0.05) is 18.8 Å². The number of benzene rings is 1. The van der Waals surface area contributed by atoms with Crippen molar-refractivity contribution >= 4 is 33.3 Å². The van der Waals surface area contributed by atoms with E-state index in [0.717, 1.165) is 6.26 Å². The quantitative estimate of drug-likeness (QED) is 0.281. The molecule has 184 valence electrons. The fraction of sp³-hybridized carbons (Fsp3) is 0.500. The minimum absolute atomic E-state index is 0.0629. The lowest BCUT2D eigenvalue weighted by molar-refractivity contribution is -0.144. The standard InChI is InChI=1S/C24H29NO8S/c1-15-10-12-21(28)23(29)20(27)9-6-8-18-17(7-4-5-14-25-34(3,31)32)11-13-19(26)22(18)24(30)33-16(15)2/h11,13,15-16,25-26H,5-6,8-10,12,14H2,1-3H3/t15-,16+/m1/s1. The van der Waals surface area contributed by atoms with Gasteiger partial charge in [0.1, 0.15) is 17.4 Å². The predicted molar refractivity (Wildman–Crippen MR) is 124 cm³/mol. The smallest absolute Gasteiger partial charge is 0.342 e. The molecule has 0 bridgehead atoms. The first-order valence-corrected chi connectivity index (χ1v) is 12.9.